The number of aliphatic carboxylic acids is 1. The Morgan fingerprint density at radius 1 is 1.35 bits per heavy atom. The molecule has 2 N–H and O–H groups in total. The van der Waals surface area contributed by atoms with Crippen molar-refractivity contribution in [2.24, 2.45) is 0 Å². The summed E-state index contributed by atoms with van der Waals surface area (Å²) in [4.78, 5) is 15.4. The Bertz CT molecular complexity index is 952. The van der Waals surface area contributed by atoms with Gasteiger partial charge in [-0.3, -0.25) is 0 Å². The van der Waals surface area contributed by atoms with Crippen LogP contribution in [0.5, 0.6) is 5.88 Å². The van der Waals surface area contributed by atoms with Crippen LogP contribution in [0.1, 0.15) is 57.6 Å². The molecule has 1 aliphatic carbocycles. The number of aromatic nitrogens is 1. The van der Waals surface area contributed by atoms with E-state index in [0.717, 1.165) is 23.7 Å². The van der Waals surface area contributed by atoms with Crippen molar-refractivity contribution in [3.8, 4) is 5.88 Å². The lowest BCUT2D eigenvalue weighted by atomic mass is 9.92. The number of nitrogens with one attached hydrogen (secondary N) is 1. The third kappa shape index (κ3) is 6.83. The van der Waals surface area contributed by atoms with Gasteiger partial charge >= 0.3 is 5.97 Å². The molecule has 192 valence electrons. The van der Waals surface area contributed by atoms with Gasteiger partial charge in [0.15, 0.2) is 0 Å². The van der Waals surface area contributed by atoms with Crippen molar-refractivity contribution in [3.63, 3.8) is 0 Å². The molecule has 9 nitrogen and oxygen atoms in total. The fraction of sp³-hybridized carbons (Fsp3) is 0.727. The smallest absolute Gasteiger partial charge is 0.349 e. The number of carboxylic acid groups (broad SMARTS) is 1. The average molecular weight is 506 g/mol. The predicted molar refractivity (Wildman–Crippen MR) is 119 cm³/mol. The fourth-order valence-corrected chi connectivity index (χ4v) is 5.70. The molecule has 0 amide bonds. The van der Waals surface area contributed by atoms with E-state index in [0.29, 0.717) is 25.0 Å². The molecule has 1 aliphatic heterocycles. The molecule has 0 spiro atoms. The molecular formula is C22H33F2N3O6S. The van der Waals surface area contributed by atoms with E-state index in [4.69, 9.17) is 9.47 Å². The fourth-order valence-electron chi connectivity index (χ4n) is 4.18. The summed E-state index contributed by atoms with van der Waals surface area (Å²) in [5.74, 6) is -3.98. The molecule has 34 heavy (non-hydrogen) atoms. The summed E-state index contributed by atoms with van der Waals surface area (Å²) in [6.07, 6.45) is 1.18. The molecule has 0 radical (unpaired) electrons. The molecule has 0 aromatic carbocycles. The van der Waals surface area contributed by atoms with Crippen LogP contribution in [0.3, 0.4) is 0 Å². The zero-order valence-corrected chi connectivity index (χ0v) is 20.3. The second-order valence-corrected chi connectivity index (χ2v) is 10.8. The van der Waals surface area contributed by atoms with E-state index in [9.17, 15) is 27.1 Å². The first-order valence-electron chi connectivity index (χ1n) is 11.6. The quantitative estimate of drug-likeness (QED) is 0.441. The molecule has 2 fully saturated rings. The Morgan fingerprint density at radius 3 is 2.74 bits per heavy atom. The summed E-state index contributed by atoms with van der Waals surface area (Å²) in [6.45, 7) is 4.15. The Balaban J connectivity index is 1.53. The number of carboxylic acids is 1. The summed E-state index contributed by atoms with van der Waals surface area (Å²) >= 11 is 0. The van der Waals surface area contributed by atoms with Crippen molar-refractivity contribution in [1.29, 1.82) is 0 Å². The van der Waals surface area contributed by atoms with Crippen LogP contribution >= 0.6 is 0 Å². The lowest BCUT2D eigenvalue weighted by Gasteiger charge is -2.29. The summed E-state index contributed by atoms with van der Waals surface area (Å²) in [6, 6.07) is 3.03. The van der Waals surface area contributed by atoms with Crippen LogP contribution in [0.2, 0.25) is 0 Å². The van der Waals surface area contributed by atoms with E-state index in [1.54, 1.807) is 6.92 Å². The van der Waals surface area contributed by atoms with Gasteiger partial charge in [-0.2, -0.15) is 4.31 Å². The standard InChI is InChI=1S/C22H33F2N3O6S/c1-15-6-7-18(34(30,31)27-13-14-32-20(27)21(28)29)19(26-15)33-16(2)5-3-4-12-25-17-8-10-22(23,24)11-9-17/h6-7,16-17,20,25H,3-5,8-14H2,1-2H3,(H,28,29)/t16-,20?/m1/s1. The van der Waals surface area contributed by atoms with Gasteiger partial charge in [0.1, 0.15) is 4.90 Å². The van der Waals surface area contributed by atoms with Gasteiger partial charge in [0.2, 0.25) is 18.0 Å². The maximum atomic E-state index is 13.2. The molecule has 1 saturated heterocycles. The van der Waals surface area contributed by atoms with Gasteiger partial charge in [-0.05, 0) is 64.6 Å². The van der Waals surface area contributed by atoms with Crippen LogP contribution in [0, 0.1) is 6.92 Å². The van der Waals surface area contributed by atoms with Crippen LogP contribution in [-0.2, 0) is 19.6 Å². The molecule has 1 saturated carbocycles. The molecule has 3 rings (SSSR count). The monoisotopic (exact) mass is 505 g/mol. The predicted octanol–water partition coefficient (Wildman–Crippen LogP) is 2.93. The van der Waals surface area contributed by atoms with Gasteiger partial charge < -0.3 is 19.9 Å². The molecule has 2 aliphatic rings. The highest BCUT2D eigenvalue weighted by Gasteiger charge is 2.42. The molecule has 1 unspecified atom stereocenters. The van der Waals surface area contributed by atoms with Crippen LogP contribution in [0.25, 0.3) is 0 Å². The number of rotatable bonds is 11. The first-order valence-corrected chi connectivity index (χ1v) is 13.1. The number of alkyl halides is 2. The third-order valence-corrected chi connectivity index (χ3v) is 7.97. The lowest BCUT2D eigenvalue weighted by molar-refractivity contribution is -0.151. The highest BCUT2D eigenvalue weighted by molar-refractivity contribution is 7.89. The first kappa shape index (κ1) is 26.7. The molecule has 1 aromatic heterocycles. The molecule has 0 bridgehead atoms. The summed E-state index contributed by atoms with van der Waals surface area (Å²) in [5.41, 5.74) is 0.566. The summed E-state index contributed by atoms with van der Waals surface area (Å²) in [5, 5.41) is 12.6. The normalized spacial score (nSPS) is 22.5. The minimum Gasteiger partial charge on any atom is -0.478 e. The lowest BCUT2D eigenvalue weighted by Crippen LogP contribution is -2.41. The number of unbranched alkanes of at least 4 members (excludes halogenated alkanes) is 1. The molecule has 2 atom stereocenters. The number of halogens is 2. The van der Waals surface area contributed by atoms with E-state index in [1.807, 2.05) is 6.92 Å². The Hall–Kier alpha value is -1.89. The first-order chi connectivity index (χ1) is 16.0. The number of nitrogens with zero attached hydrogens (tertiary/aromatic N) is 2. The average Bonchev–Trinajstić information content (AvgIpc) is 3.26. The number of hydrogen-bond acceptors (Lipinski definition) is 7. The summed E-state index contributed by atoms with van der Waals surface area (Å²) < 4.78 is 64.5. The van der Waals surface area contributed by atoms with Crippen molar-refractivity contribution < 1.29 is 36.6 Å². The van der Waals surface area contributed by atoms with Crippen LogP contribution < -0.4 is 10.1 Å². The number of aryl methyl sites for hydroxylation is 1. The van der Waals surface area contributed by atoms with Crippen LogP contribution in [-0.4, -0.2) is 72.8 Å². The highest BCUT2D eigenvalue weighted by Crippen LogP contribution is 2.33. The Labute approximate surface area is 198 Å². The second kappa shape index (κ2) is 11.2. The topological polar surface area (TPSA) is 118 Å². The van der Waals surface area contributed by atoms with Gasteiger partial charge in [0.25, 0.3) is 10.0 Å². The van der Waals surface area contributed by atoms with Crippen molar-refractivity contribution in [2.45, 2.75) is 88.0 Å². The third-order valence-electron chi connectivity index (χ3n) is 6.11. The van der Waals surface area contributed by atoms with Crippen molar-refractivity contribution in [3.05, 3.63) is 17.8 Å². The van der Waals surface area contributed by atoms with Crippen LogP contribution in [0.15, 0.2) is 17.0 Å². The van der Waals surface area contributed by atoms with E-state index in [2.05, 4.69) is 10.3 Å². The van der Waals surface area contributed by atoms with Gasteiger partial charge in [-0.1, -0.05) is 0 Å². The maximum absolute atomic E-state index is 13.2. The molecule has 12 heteroatoms. The maximum Gasteiger partial charge on any atom is 0.349 e. The van der Waals surface area contributed by atoms with Crippen LogP contribution in [0.4, 0.5) is 8.78 Å². The molecular weight excluding hydrogens is 472 g/mol. The number of ether oxygens (including phenoxy) is 2. The number of pyridine rings is 1. The van der Waals surface area contributed by atoms with Gasteiger partial charge in [0, 0.05) is 31.1 Å². The minimum atomic E-state index is -4.20. The minimum absolute atomic E-state index is 0.0145. The number of sulfonamides is 1. The van der Waals surface area contributed by atoms with E-state index < -0.39 is 28.1 Å². The number of carbonyl (C=O) groups is 1. The summed E-state index contributed by atoms with van der Waals surface area (Å²) in [7, 11) is -4.20. The Morgan fingerprint density at radius 2 is 2.06 bits per heavy atom. The zero-order valence-electron chi connectivity index (χ0n) is 19.5. The van der Waals surface area contributed by atoms with Crippen molar-refractivity contribution in [1.82, 2.24) is 14.6 Å². The molecule has 2 heterocycles. The largest absolute Gasteiger partial charge is 0.478 e. The van der Waals surface area contributed by atoms with Gasteiger partial charge in [-0.25, -0.2) is 27.0 Å². The SMILES string of the molecule is Cc1ccc(S(=O)(=O)N2CCOC2C(=O)O)c(O[C@H](C)CCCCNC2CCC(F)(F)CC2)n1. The van der Waals surface area contributed by atoms with E-state index >= 15 is 0 Å². The van der Waals surface area contributed by atoms with E-state index in [-0.39, 0.29) is 48.9 Å². The van der Waals surface area contributed by atoms with Crippen molar-refractivity contribution >= 4 is 16.0 Å². The highest BCUT2D eigenvalue weighted by atomic mass is 32.2. The van der Waals surface area contributed by atoms with Gasteiger partial charge in [0.05, 0.1) is 12.7 Å². The Kier molecular flexibility index (Phi) is 8.82. The van der Waals surface area contributed by atoms with E-state index in [1.165, 1.54) is 12.1 Å². The van der Waals surface area contributed by atoms with Crippen molar-refractivity contribution in [2.75, 3.05) is 19.7 Å². The zero-order chi connectivity index (χ0) is 24.9. The molecule has 1 aromatic rings. The van der Waals surface area contributed by atoms with Gasteiger partial charge in [-0.15, -0.1) is 0 Å². The second-order valence-electron chi connectivity index (χ2n) is 8.94. The number of hydrogen-bond donors (Lipinski definition) is 2.